The first kappa shape index (κ1) is 15.9. The van der Waals surface area contributed by atoms with Gasteiger partial charge in [-0.2, -0.15) is 0 Å². The summed E-state index contributed by atoms with van der Waals surface area (Å²) in [5, 5.41) is 5.49. The maximum Gasteiger partial charge on any atom is 0.141 e. The highest BCUT2D eigenvalue weighted by Gasteiger charge is 2.20. The monoisotopic (exact) mass is 421 g/mol. The summed E-state index contributed by atoms with van der Waals surface area (Å²) in [7, 11) is 1.55. The zero-order valence-electron chi connectivity index (χ0n) is 11.0. The van der Waals surface area contributed by atoms with Gasteiger partial charge >= 0.3 is 0 Å². The van der Waals surface area contributed by atoms with E-state index in [1.165, 1.54) is 6.07 Å². The zero-order valence-corrected chi connectivity index (χ0v) is 15.0. The molecule has 2 nitrogen and oxygen atoms in total. The minimum Gasteiger partial charge on any atom is -0.496 e. The molecule has 1 aromatic carbocycles. The Balaban J connectivity index is 2.51. The molecule has 0 aliphatic rings. The van der Waals surface area contributed by atoms with E-state index in [9.17, 15) is 4.39 Å². The molecule has 0 saturated carbocycles. The van der Waals surface area contributed by atoms with Crippen LogP contribution in [0.5, 0.6) is 5.75 Å². The SMILES string of the molecule is CCNC(c1csc(Br)c1)c1cc(Br)c(F)cc1OC. The molecule has 1 N–H and O–H groups in total. The molecule has 0 radical (unpaired) electrons. The highest BCUT2D eigenvalue weighted by molar-refractivity contribution is 9.11. The van der Waals surface area contributed by atoms with Crippen molar-refractivity contribution in [3.8, 4) is 5.75 Å². The van der Waals surface area contributed by atoms with Gasteiger partial charge in [-0.25, -0.2) is 4.39 Å². The van der Waals surface area contributed by atoms with E-state index in [1.54, 1.807) is 24.5 Å². The third kappa shape index (κ3) is 3.42. The van der Waals surface area contributed by atoms with Crippen LogP contribution >= 0.6 is 43.2 Å². The number of ether oxygens (including phenoxy) is 1. The third-order valence-electron chi connectivity index (χ3n) is 2.91. The van der Waals surface area contributed by atoms with Gasteiger partial charge in [-0.05, 0) is 61.5 Å². The van der Waals surface area contributed by atoms with Crippen LogP contribution in [0.1, 0.15) is 24.1 Å². The number of halogens is 3. The summed E-state index contributed by atoms with van der Waals surface area (Å²) in [5.74, 6) is 0.214. The van der Waals surface area contributed by atoms with E-state index in [-0.39, 0.29) is 11.9 Å². The van der Waals surface area contributed by atoms with Crippen LogP contribution in [-0.2, 0) is 0 Å². The van der Waals surface area contributed by atoms with Gasteiger partial charge in [-0.15, -0.1) is 11.3 Å². The van der Waals surface area contributed by atoms with Gasteiger partial charge in [0.25, 0.3) is 0 Å². The molecule has 6 heteroatoms. The Bertz CT molecular complexity index is 603. The highest BCUT2D eigenvalue weighted by Crippen LogP contribution is 2.36. The molecule has 0 bridgehead atoms. The Hall–Kier alpha value is -0.430. The molecule has 108 valence electrons. The Morgan fingerprint density at radius 2 is 2.10 bits per heavy atom. The lowest BCUT2D eigenvalue weighted by Crippen LogP contribution is -2.22. The maximum absolute atomic E-state index is 13.6. The van der Waals surface area contributed by atoms with E-state index < -0.39 is 0 Å². The fourth-order valence-electron chi connectivity index (χ4n) is 2.03. The molecule has 20 heavy (non-hydrogen) atoms. The molecule has 1 heterocycles. The van der Waals surface area contributed by atoms with Gasteiger partial charge in [0.15, 0.2) is 0 Å². The van der Waals surface area contributed by atoms with Crippen molar-refractivity contribution in [2.24, 2.45) is 0 Å². The summed E-state index contributed by atoms with van der Waals surface area (Å²) in [4.78, 5) is 0. The smallest absolute Gasteiger partial charge is 0.141 e. The average Bonchev–Trinajstić information content (AvgIpc) is 2.85. The Morgan fingerprint density at radius 3 is 2.65 bits per heavy atom. The topological polar surface area (TPSA) is 21.3 Å². The van der Waals surface area contributed by atoms with Crippen LogP contribution in [0.4, 0.5) is 4.39 Å². The number of hydrogen-bond acceptors (Lipinski definition) is 3. The normalized spacial score (nSPS) is 12.4. The zero-order chi connectivity index (χ0) is 14.7. The van der Waals surface area contributed by atoms with Crippen molar-refractivity contribution < 1.29 is 9.13 Å². The second-order valence-corrected chi connectivity index (χ2v) is 7.33. The molecular formula is C14H14Br2FNOS. The minimum absolute atomic E-state index is 0.0330. The van der Waals surface area contributed by atoms with E-state index in [0.29, 0.717) is 10.2 Å². The number of rotatable bonds is 5. The predicted molar refractivity (Wildman–Crippen MR) is 88.2 cm³/mol. The second kappa shape index (κ2) is 7.02. The van der Waals surface area contributed by atoms with E-state index in [2.05, 4.69) is 48.6 Å². The van der Waals surface area contributed by atoms with Gasteiger partial charge in [0.1, 0.15) is 11.6 Å². The molecule has 0 aliphatic heterocycles. The van der Waals surface area contributed by atoms with Crippen molar-refractivity contribution in [1.29, 1.82) is 0 Å². The number of thiophene rings is 1. The molecule has 2 rings (SSSR count). The van der Waals surface area contributed by atoms with Gasteiger partial charge in [-0.3, -0.25) is 0 Å². The lowest BCUT2D eigenvalue weighted by Gasteiger charge is -2.20. The molecule has 2 aromatic rings. The van der Waals surface area contributed by atoms with Crippen molar-refractivity contribution in [2.45, 2.75) is 13.0 Å². The van der Waals surface area contributed by atoms with Crippen LogP contribution in [0, 0.1) is 5.82 Å². The first-order valence-corrected chi connectivity index (χ1v) is 8.53. The number of methoxy groups -OCH3 is 1. The molecule has 0 amide bonds. The minimum atomic E-state index is -0.327. The third-order valence-corrected chi connectivity index (χ3v) is 5.04. The van der Waals surface area contributed by atoms with Crippen molar-refractivity contribution in [3.05, 3.63) is 48.8 Å². The largest absolute Gasteiger partial charge is 0.496 e. The van der Waals surface area contributed by atoms with Crippen LogP contribution in [-0.4, -0.2) is 13.7 Å². The fourth-order valence-corrected chi connectivity index (χ4v) is 3.60. The number of hydrogen-bond donors (Lipinski definition) is 1. The second-order valence-electron chi connectivity index (χ2n) is 4.18. The van der Waals surface area contributed by atoms with E-state index in [0.717, 1.165) is 21.5 Å². The van der Waals surface area contributed by atoms with Crippen molar-refractivity contribution in [2.75, 3.05) is 13.7 Å². The summed E-state index contributed by atoms with van der Waals surface area (Å²) < 4.78 is 20.5. The van der Waals surface area contributed by atoms with Crippen LogP contribution in [0.3, 0.4) is 0 Å². The first-order valence-electron chi connectivity index (χ1n) is 6.07. The summed E-state index contributed by atoms with van der Waals surface area (Å²) in [6, 6.07) is 5.21. The summed E-state index contributed by atoms with van der Waals surface area (Å²) >= 11 is 8.34. The molecule has 0 saturated heterocycles. The van der Waals surface area contributed by atoms with E-state index in [4.69, 9.17) is 4.74 Å². The van der Waals surface area contributed by atoms with Crippen molar-refractivity contribution >= 4 is 43.2 Å². The molecule has 0 spiro atoms. The molecule has 0 aliphatic carbocycles. The predicted octanol–water partition coefficient (Wildman–Crippen LogP) is 5.12. The van der Waals surface area contributed by atoms with Gasteiger partial charge in [0.05, 0.1) is 21.4 Å². The number of benzene rings is 1. The highest BCUT2D eigenvalue weighted by atomic mass is 79.9. The quantitative estimate of drug-likeness (QED) is 0.721. The van der Waals surface area contributed by atoms with Crippen LogP contribution < -0.4 is 10.1 Å². The van der Waals surface area contributed by atoms with Gasteiger partial charge in [0.2, 0.25) is 0 Å². The molecule has 1 atom stereocenters. The first-order chi connectivity index (χ1) is 9.56. The Kier molecular flexibility index (Phi) is 5.60. The average molecular weight is 423 g/mol. The summed E-state index contributed by atoms with van der Waals surface area (Å²) in [5.41, 5.74) is 2.04. The standard InChI is InChI=1S/C14H14Br2FNOS/c1-3-18-14(8-4-13(16)20-7-8)9-5-10(15)11(17)6-12(9)19-2/h4-7,14,18H,3H2,1-2H3. The number of nitrogens with one attached hydrogen (secondary N) is 1. The molecule has 1 unspecified atom stereocenters. The lowest BCUT2D eigenvalue weighted by molar-refractivity contribution is 0.400. The van der Waals surface area contributed by atoms with Crippen LogP contribution in [0.2, 0.25) is 0 Å². The van der Waals surface area contributed by atoms with Gasteiger partial charge < -0.3 is 10.1 Å². The molecule has 1 aromatic heterocycles. The van der Waals surface area contributed by atoms with Crippen molar-refractivity contribution in [3.63, 3.8) is 0 Å². The van der Waals surface area contributed by atoms with Crippen LogP contribution in [0.25, 0.3) is 0 Å². The Labute approximate surface area is 138 Å². The molecule has 0 fully saturated rings. The summed E-state index contributed by atoms with van der Waals surface area (Å²) in [6.45, 7) is 2.84. The lowest BCUT2D eigenvalue weighted by atomic mass is 10.00. The molecular weight excluding hydrogens is 409 g/mol. The van der Waals surface area contributed by atoms with E-state index >= 15 is 0 Å². The van der Waals surface area contributed by atoms with E-state index in [1.807, 2.05) is 6.92 Å². The fraction of sp³-hybridized carbons (Fsp3) is 0.286. The summed E-state index contributed by atoms with van der Waals surface area (Å²) in [6.07, 6.45) is 0. The van der Waals surface area contributed by atoms with Crippen molar-refractivity contribution in [1.82, 2.24) is 5.32 Å². The maximum atomic E-state index is 13.6. The van der Waals surface area contributed by atoms with Gasteiger partial charge in [-0.1, -0.05) is 6.92 Å². The van der Waals surface area contributed by atoms with Gasteiger partial charge in [0, 0.05) is 11.6 Å². The van der Waals surface area contributed by atoms with Crippen LogP contribution in [0.15, 0.2) is 31.8 Å². The Morgan fingerprint density at radius 1 is 1.35 bits per heavy atom.